The third kappa shape index (κ3) is 4.43. The molecule has 1 fully saturated rings. The zero-order chi connectivity index (χ0) is 20.3. The number of nitrogens with zero attached hydrogens (tertiary/aromatic N) is 2. The van der Waals surface area contributed by atoms with E-state index < -0.39 is 10.0 Å². The van der Waals surface area contributed by atoms with E-state index in [0.717, 1.165) is 5.56 Å². The van der Waals surface area contributed by atoms with Crippen molar-refractivity contribution in [3.8, 4) is 0 Å². The largest absolute Gasteiger partial charge is 0.346 e. The molecule has 28 heavy (non-hydrogen) atoms. The molecule has 3 rings (SSSR count). The van der Waals surface area contributed by atoms with Crippen molar-refractivity contribution >= 4 is 15.9 Å². The molecule has 0 bridgehead atoms. The molecule has 0 spiro atoms. The Kier molecular flexibility index (Phi) is 6.17. The average molecular weight is 402 g/mol. The summed E-state index contributed by atoms with van der Waals surface area (Å²) in [5, 5.41) is 2.94. The second-order valence-corrected chi connectivity index (χ2v) is 9.20. The lowest BCUT2D eigenvalue weighted by Crippen LogP contribution is -2.47. The molecular formula is C21H27N3O3S. The molecule has 2 aromatic carbocycles. The van der Waals surface area contributed by atoms with E-state index in [1.54, 1.807) is 19.1 Å². The van der Waals surface area contributed by atoms with Crippen LogP contribution < -0.4 is 5.32 Å². The summed E-state index contributed by atoms with van der Waals surface area (Å²) < 4.78 is 27.7. The van der Waals surface area contributed by atoms with Crippen molar-refractivity contribution in [2.75, 3.05) is 33.2 Å². The van der Waals surface area contributed by atoms with Gasteiger partial charge in [-0.2, -0.15) is 4.31 Å². The lowest BCUT2D eigenvalue weighted by atomic mass is 10.1. The number of carbonyl (C=O) groups is 1. The van der Waals surface area contributed by atoms with Crippen LogP contribution in [0.1, 0.15) is 34.5 Å². The van der Waals surface area contributed by atoms with Crippen LogP contribution >= 0.6 is 0 Å². The standard InChI is InChI=1S/C21H27N3O3S/c1-16-9-10-19(21(25)22-17(2)18-7-5-4-6-8-18)15-20(16)28(26,27)24-13-11-23(3)12-14-24/h4-10,15,17H,11-14H2,1-3H3,(H,22,25)/t17-/m0/s1. The highest BCUT2D eigenvalue weighted by Gasteiger charge is 2.29. The van der Waals surface area contributed by atoms with E-state index in [1.165, 1.54) is 10.4 Å². The Labute approximate surface area is 167 Å². The van der Waals surface area contributed by atoms with Gasteiger partial charge in [0.15, 0.2) is 0 Å². The van der Waals surface area contributed by atoms with Gasteiger partial charge in [-0.1, -0.05) is 36.4 Å². The molecule has 1 aliphatic heterocycles. The number of nitrogens with one attached hydrogen (secondary N) is 1. The van der Waals surface area contributed by atoms with Crippen LogP contribution in [-0.4, -0.2) is 56.8 Å². The Hall–Kier alpha value is -2.22. The molecule has 0 radical (unpaired) electrons. The Morgan fingerprint density at radius 2 is 1.68 bits per heavy atom. The van der Waals surface area contributed by atoms with E-state index in [-0.39, 0.29) is 16.8 Å². The van der Waals surface area contributed by atoms with Gasteiger partial charge >= 0.3 is 0 Å². The van der Waals surface area contributed by atoms with Crippen LogP contribution in [0.4, 0.5) is 0 Å². The second-order valence-electron chi connectivity index (χ2n) is 7.29. The Bertz CT molecular complexity index is 937. The Morgan fingerprint density at radius 3 is 2.32 bits per heavy atom. The molecule has 1 N–H and O–H groups in total. The number of sulfonamides is 1. The maximum absolute atomic E-state index is 13.1. The maximum Gasteiger partial charge on any atom is 0.251 e. The third-order valence-corrected chi connectivity index (χ3v) is 7.22. The van der Waals surface area contributed by atoms with Crippen molar-refractivity contribution in [1.29, 1.82) is 0 Å². The van der Waals surface area contributed by atoms with Crippen molar-refractivity contribution in [2.24, 2.45) is 0 Å². The highest BCUT2D eigenvalue weighted by Crippen LogP contribution is 2.23. The van der Waals surface area contributed by atoms with Gasteiger partial charge in [-0.3, -0.25) is 4.79 Å². The van der Waals surface area contributed by atoms with Gasteiger partial charge in [-0.15, -0.1) is 0 Å². The first-order chi connectivity index (χ1) is 13.3. The van der Waals surface area contributed by atoms with Gasteiger partial charge in [-0.05, 0) is 44.2 Å². The van der Waals surface area contributed by atoms with Crippen LogP contribution in [0.25, 0.3) is 0 Å². The minimum atomic E-state index is -3.63. The molecule has 1 heterocycles. The van der Waals surface area contributed by atoms with Crippen molar-refractivity contribution in [3.63, 3.8) is 0 Å². The first-order valence-corrected chi connectivity index (χ1v) is 10.9. The van der Waals surface area contributed by atoms with Crippen molar-refractivity contribution < 1.29 is 13.2 Å². The number of amides is 1. The van der Waals surface area contributed by atoms with Crippen LogP contribution in [0.5, 0.6) is 0 Å². The summed E-state index contributed by atoms with van der Waals surface area (Å²) in [6.45, 7) is 5.99. The van der Waals surface area contributed by atoms with Gasteiger partial charge < -0.3 is 10.2 Å². The molecule has 7 heteroatoms. The van der Waals surface area contributed by atoms with Gasteiger partial charge in [0, 0.05) is 31.7 Å². The summed E-state index contributed by atoms with van der Waals surface area (Å²) in [4.78, 5) is 15.0. The minimum Gasteiger partial charge on any atom is -0.346 e. The van der Waals surface area contributed by atoms with E-state index in [1.807, 2.05) is 44.3 Å². The van der Waals surface area contributed by atoms with Crippen LogP contribution in [0, 0.1) is 6.92 Å². The highest BCUT2D eigenvalue weighted by atomic mass is 32.2. The van der Waals surface area contributed by atoms with E-state index in [0.29, 0.717) is 37.3 Å². The van der Waals surface area contributed by atoms with Crippen LogP contribution in [0.2, 0.25) is 0 Å². The van der Waals surface area contributed by atoms with Crippen LogP contribution in [-0.2, 0) is 10.0 Å². The van der Waals surface area contributed by atoms with Crippen LogP contribution in [0.3, 0.4) is 0 Å². The molecule has 1 aliphatic rings. The number of benzene rings is 2. The molecule has 1 saturated heterocycles. The summed E-state index contributed by atoms with van der Waals surface area (Å²) in [6.07, 6.45) is 0. The van der Waals surface area contributed by atoms with E-state index in [9.17, 15) is 13.2 Å². The molecule has 2 aromatic rings. The maximum atomic E-state index is 13.1. The molecule has 1 atom stereocenters. The topological polar surface area (TPSA) is 69.7 Å². The fourth-order valence-corrected chi connectivity index (χ4v) is 4.96. The zero-order valence-electron chi connectivity index (χ0n) is 16.6. The highest BCUT2D eigenvalue weighted by molar-refractivity contribution is 7.89. The number of piperazine rings is 1. The summed E-state index contributed by atoms with van der Waals surface area (Å²) in [7, 11) is -1.65. The molecule has 0 unspecified atom stereocenters. The molecule has 0 aliphatic carbocycles. The fraction of sp³-hybridized carbons (Fsp3) is 0.381. The predicted molar refractivity (Wildman–Crippen MR) is 110 cm³/mol. The zero-order valence-corrected chi connectivity index (χ0v) is 17.4. The summed E-state index contributed by atoms with van der Waals surface area (Å²) in [5.41, 5.74) is 1.99. The van der Waals surface area contributed by atoms with Gasteiger partial charge in [0.2, 0.25) is 10.0 Å². The average Bonchev–Trinajstić information content (AvgIpc) is 2.69. The van der Waals surface area contributed by atoms with Gasteiger partial charge in [0.25, 0.3) is 5.91 Å². The molecular weight excluding hydrogens is 374 g/mol. The van der Waals surface area contributed by atoms with E-state index >= 15 is 0 Å². The lowest BCUT2D eigenvalue weighted by molar-refractivity contribution is 0.0939. The summed E-state index contributed by atoms with van der Waals surface area (Å²) >= 11 is 0. The van der Waals surface area contributed by atoms with E-state index in [2.05, 4.69) is 10.2 Å². The second kappa shape index (κ2) is 8.43. The lowest BCUT2D eigenvalue weighted by Gasteiger charge is -2.32. The monoisotopic (exact) mass is 401 g/mol. The number of hydrogen-bond acceptors (Lipinski definition) is 4. The fourth-order valence-electron chi connectivity index (χ4n) is 3.29. The SMILES string of the molecule is Cc1ccc(C(=O)N[C@@H](C)c2ccccc2)cc1S(=O)(=O)N1CCN(C)CC1. The quantitative estimate of drug-likeness (QED) is 0.835. The van der Waals surface area contributed by atoms with Gasteiger partial charge in [0.05, 0.1) is 10.9 Å². The minimum absolute atomic E-state index is 0.173. The molecule has 150 valence electrons. The number of hydrogen-bond donors (Lipinski definition) is 1. The summed E-state index contributed by atoms with van der Waals surface area (Å²) in [6, 6.07) is 14.4. The third-order valence-electron chi connectivity index (χ3n) is 5.18. The van der Waals surface area contributed by atoms with Crippen molar-refractivity contribution in [2.45, 2.75) is 24.8 Å². The Balaban J connectivity index is 1.82. The number of likely N-dealkylation sites (N-methyl/N-ethyl adjacent to an activating group) is 1. The number of carbonyl (C=O) groups excluding carboxylic acids is 1. The van der Waals surface area contributed by atoms with Crippen molar-refractivity contribution in [1.82, 2.24) is 14.5 Å². The summed E-state index contributed by atoms with van der Waals surface area (Å²) in [5.74, 6) is -0.286. The van der Waals surface area contributed by atoms with Crippen molar-refractivity contribution in [3.05, 3.63) is 65.2 Å². The molecule has 1 amide bonds. The van der Waals surface area contributed by atoms with Gasteiger partial charge in [0.1, 0.15) is 0 Å². The van der Waals surface area contributed by atoms with Crippen LogP contribution in [0.15, 0.2) is 53.4 Å². The smallest absolute Gasteiger partial charge is 0.251 e. The van der Waals surface area contributed by atoms with E-state index in [4.69, 9.17) is 0 Å². The molecule has 0 saturated carbocycles. The molecule has 0 aromatic heterocycles. The normalized spacial score (nSPS) is 17.2. The molecule has 6 nitrogen and oxygen atoms in total. The number of rotatable bonds is 5. The predicted octanol–water partition coefficient (Wildman–Crippen LogP) is 2.42. The Morgan fingerprint density at radius 1 is 1.04 bits per heavy atom. The van der Waals surface area contributed by atoms with Gasteiger partial charge in [-0.25, -0.2) is 8.42 Å². The first kappa shape index (κ1) is 20.5. The number of aryl methyl sites for hydroxylation is 1. The first-order valence-electron chi connectivity index (χ1n) is 9.44.